The summed E-state index contributed by atoms with van der Waals surface area (Å²) in [5.41, 5.74) is 0.294. The highest BCUT2D eigenvalue weighted by molar-refractivity contribution is 7.93. The molecule has 0 spiro atoms. The van der Waals surface area contributed by atoms with Crippen LogP contribution in [0.4, 0.5) is 10.1 Å². The number of halogens is 1. The van der Waals surface area contributed by atoms with Crippen LogP contribution in [0, 0.1) is 5.82 Å². The lowest BCUT2D eigenvalue weighted by atomic mass is 10.1. The summed E-state index contributed by atoms with van der Waals surface area (Å²) in [4.78, 5) is 25.3. The summed E-state index contributed by atoms with van der Waals surface area (Å²) in [6, 6.07) is 10.7. The molecule has 9 nitrogen and oxygen atoms in total. The van der Waals surface area contributed by atoms with Gasteiger partial charge < -0.3 is 10.2 Å². The van der Waals surface area contributed by atoms with Crippen LogP contribution in [0.3, 0.4) is 0 Å². The zero-order valence-electron chi connectivity index (χ0n) is 17.8. The molecule has 3 rings (SSSR count). The molecule has 178 valence electrons. The smallest absolute Gasteiger partial charge is 0.264 e. The second-order valence-corrected chi connectivity index (χ2v) is 11.5. The number of piperidine rings is 1. The molecule has 33 heavy (non-hydrogen) atoms. The van der Waals surface area contributed by atoms with E-state index >= 15 is 0 Å². The van der Waals surface area contributed by atoms with Crippen LogP contribution in [0.5, 0.6) is 0 Å². The van der Waals surface area contributed by atoms with Crippen LogP contribution in [-0.2, 0) is 24.7 Å². The number of amides is 2. The van der Waals surface area contributed by atoms with Gasteiger partial charge in [0.2, 0.25) is 5.91 Å². The first-order chi connectivity index (χ1) is 15.5. The highest BCUT2D eigenvalue weighted by Gasteiger charge is 2.33. The molecule has 0 aliphatic carbocycles. The van der Waals surface area contributed by atoms with Crippen molar-refractivity contribution in [3.63, 3.8) is 0 Å². The summed E-state index contributed by atoms with van der Waals surface area (Å²) >= 11 is 0. The Kier molecular flexibility index (Phi) is 7.38. The molecular formula is C21H24FN3O6S2. The fraction of sp³-hybridized carbons (Fsp3) is 0.333. The van der Waals surface area contributed by atoms with Gasteiger partial charge in [-0.2, -0.15) is 0 Å². The van der Waals surface area contributed by atoms with E-state index in [2.05, 4.69) is 10.0 Å². The van der Waals surface area contributed by atoms with Gasteiger partial charge in [-0.3, -0.25) is 14.3 Å². The molecule has 0 atom stereocenters. The van der Waals surface area contributed by atoms with Crippen molar-refractivity contribution in [3.8, 4) is 0 Å². The van der Waals surface area contributed by atoms with Gasteiger partial charge in [0.1, 0.15) is 16.5 Å². The molecular weight excluding hydrogens is 473 g/mol. The number of rotatable bonds is 7. The molecule has 1 aliphatic heterocycles. The van der Waals surface area contributed by atoms with Gasteiger partial charge >= 0.3 is 0 Å². The Morgan fingerprint density at radius 3 is 2.33 bits per heavy atom. The number of nitrogens with zero attached hydrogens (tertiary/aromatic N) is 1. The van der Waals surface area contributed by atoms with Crippen LogP contribution < -0.4 is 10.0 Å². The first kappa shape index (κ1) is 24.6. The SMILES string of the molecule is CNC(=O)CS(=O)(=O)C1CCN(C(=O)c2cccc(NS(=O)(=O)c3ccccc3F)c2)CC1. The van der Waals surface area contributed by atoms with E-state index in [1.165, 1.54) is 48.3 Å². The number of carbonyl (C=O) groups is 2. The Balaban J connectivity index is 1.68. The van der Waals surface area contributed by atoms with Crippen molar-refractivity contribution in [2.24, 2.45) is 0 Å². The van der Waals surface area contributed by atoms with Gasteiger partial charge in [0.05, 0.1) is 5.25 Å². The maximum absolute atomic E-state index is 13.9. The van der Waals surface area contributed by atoms with E-state index in [1.807, 2.05) is 0 Å². The third-order valence-corrected chi connectivity index (χ3v) is 8.90. The molecule has 1 saturated heterocycles. The third kappa shape index (κ3) is 5.88. The average molecular weight is 498 g/mol. The molecule has 0 radical (unpaired) electrons. The van der Waals surface area contributed by atoms with E-state index in [9.17, 15) is 30.8 Å². The standard InChI is InChI=1S/C21H24FN3O6S2/c1-23-20(26)14-32(28,29)17-9-11-25(12-10-17)21(27)15-5-4-6-16(13-15)24-33(30,31)19-8-3-2-7-18(19)22/h2-8,13,17,24H,9-12,14H2,1H3,(H,23,26). The number of hydrogen-bond donors (Lipinski definition) is 2. The van der Waals surface area contributed by atoms with Gasteiger partial charge in [-0.1, -0.05) is 18.2 Å². The van der Waals surface area contributed by atoms with Crippen molar-refractivity contribution in [2.45, 2.75) is 23.0 Å². The first-order valence-corrected chi connectivity index (χ1v) is 13.3. The summed E-state index contributed by atoms with van der Waals surface area (Å²) in [7, 11) is -6.45. The van der Waals surface area contributed by atoms with E-state index in [0.29, 0.717) is 0 Å². The summed E-state index contributed by atoms with van der Waals surface area (Å²) < 4.78 is 65.9. The maximum atomic E-state index is 13.9. The predicted molar refractivity (Wildman–Crippen MR) is 120 cm³/mol. The normalized spacial score (nSPS) is 15.2. The van der Waals surface area contributed by atoms with Gasteiger partial charge in [-0.15, -0.1) is 0 Å². The fourth-order valence-corrected chi connectivity index (χ4v) is 6.37. The van der Waals surface area contributed by atoms with E-state index < -0.39 is 47.5 Å². The number of sulfone groups is 1. The quantitative estimate of drug-likeness (QED) is 0.595. The topological polar surface area (TPSA) is 130 Å². The molecule has 0 aromatic heterocycles. The Morgan fingerprint density at radius 2 is 1.70 bits per heavy atom. The number of sulfonamides is 1. The Morgan fingerprint density at radius 1 is 1.03 bits per heavy atom. The second-order valence-electron chi connectivity index (χ2n) is 7.59. The largest absolute Gasteiger partial charge is 0.358 e. The van der Waals surface area contributed by atoms with Crippen LogP contribution in [-0.4, -0.2) is 64.7 Å². The van der Waals surface area contributed by atoms with Gasteiger partial charge in [-0.05, 0) is 43.2 Å². The summed E-state index contributed by atoms with van der Waals surface area (Å²) in [5, 5.41) is 1.58. The third-order valence-electron chi connectivity index (χ3n) is 5.34. The van der Waals surface area contributed by atoms with E-state index in [4.69, 9.17) is 0 Å². The molecule has 1 fully saturated rings. The van der Waals surface area contributed by atoms with Crippen molar-refractivity contribution in [1.82, 2.24) is 10.2 Å². The minimum atomic E-state index is -4.20. The van der Waals surface area contributed by atoms with E-state index in [-0.39, 0.29) is 43.1 Å². The Labute approximate surface area is 192 Å². The predicted octanol–water partition coefficient (Wildman–Crippen LogP) is 1.39. The summed E-state index contributed by atoms with van der Waals surface area (Å²) in [5.74, 6) is -2.45. The molecule has 2 aromatic carbocycles. The molecule has 2 aromatic rings. The van der Waals surface area contributed by atoms with Crippen molar-refractivity contribution >= 4 is 37.4 Å². The van der Waals surface area contributed by atoms with Gasteiger partial charge in [0, 0.05) is 31.4 Å². The minimum absolute atomic E-state index is 0.0899. The monoisotopic (exact) mass is 497 g/mol. The van der Waals surface area contributed by atoms with Crippen LogP contribution in [0.15, 0.2) is 53.4 Å². The molecule has 1 aliphatic rings. The molecule has 1 heterocycles. The minimum Gasteiger partial charge on any atom is -0.358 e. The Hall–Kier alpha value is -2.99. The van der Waals surface area contributed by atoms with Gasteiger partial charge in [0.15, 0.2) is 9.84 Å². The number of carbonyl (C=O) groups excluding carboxylic acids is 2. The molecule has 0 unspecified atom stereocenters. The number of hydrogen-bond acceptors (Lipinski definition) is 6. The summed E-state index contributed by atoms with van der Waals surface area (Å²) in [6.07, 6.45) is 0.398. The fourth-order valence-electron chi connectivity index (χ4n) is 3.56. The number of nitrogens with one attached hydrogen (secondary N) is 2. The van der Waals surface area contributed by atoms with Crippen molar-refractivity contribution in [1.29, 1.82) is 0 Å². The molecule has 12 heteroatoms. The lowest BCUT2D eigenvalue weighted by Crippen LogP contribution is -2.44. The lowest BCUT2D eigenvalue weighted by Gasteiger charge is -2.31. The zero-order valence-corrected chi connectivity index (χ0v) is 19.5. The van der Waals surface area contributed by atoms with E-state index in [1.54, 1.807) is 0 Å². The van der Waals surface area contributed by atoms with Crippen LogP contribution >= 0.6 is 0 Å². The van der Waals surface area contributed by atoms with Crippen LogP contribution in [0.1, 0.15) is 23.2 Å². The van der Waals surface area contributed by atoms with Gasteiger partial charge in [-0.25, -0.2) is 21.2 Å². The molecule has 2 N–H and O–H groups in total. The number of benzene rings is 2. The second kappa shape index (κ2) is 9.87. The number of anilines is 1. The van der Waals surface area contributed by atoms with Crippen LogP contribution in [0.2, 0.25) is 0 Å². The highest BCUT2D eigenvalue weighted by Crippen LogP contribution is 2.23. The lowest BCUT2D eigenvalue weighted by molar-refractivity contribution is -0.118. The highest BCUT2D eigenvalue weighted by atomic mass is 32.2. The van der Waals surface area contributed by atoms with E-state index in [0.717, 1.165) is 12.1 Å². The zero-order chi connectivity index (χ0) is 24.2. The summed E-state index contributed by atoms with van der Waals surface area (Å²) in [6.45, 7) is 0.364. The van der Waals surface area contributed by atoms with Crippen LogP contribution in [0.25, 0.3) is 0 Å². The average Bonchev–Trinajstić information content (AvgIpc) is 2.78. The molecule has 2 amide bonds. The molecule has 0 saturated carbocycles. The number of likely N-dealkylation sites (tertiary alicyclic amines) is 1. The van der Waals surface area contributed by atoms with Gasteiger partial charge in [0.25, 0.3) is 15.9 Å². The maximum Gasteiger partial charge on any atom is 0.264 e. The molecule has 0 bridgehead atoms. The van der Waals surface area contributed by atoms with Crippen molar-refractivity contribution in [3.05, 3.63) is 59.9 Å². The first-order valence-electron chi connectivity index (χ1n) is 10.1. The Bertz CT molecular complexity index is 1260. The van der Waals surface area contributed by atoms with Crippen molar-refractivity contribution < 1.29 is 30.8 Å². The van der Waals surface area contributed by atoms with Crippen molar-refractivity contribution in [2.75, 3.05) is 30.6 Å².